The Hall–Kier alpha value is -0.930. The fraction of sp³-hybridized carbons (Fsp3) is 0.538. The highest BCUT2D eigenvalue weighted by molar-refractivity contribution is 9.10. The maximum Gasteiger partial charge on any atom is 0.234 e. The standard InChI is InChI=1S/C13H16BrFO6/c1-19-8-4-6(14)2-3-7(8)20-13-10(15)12(18)11(17)9(5-16)21-13/h2-4,9-13,16-18H,5H2,1H3/t9-,10+,11-,12-,13+/m1/s1. The van der Waals surface area contributed by atoms with E-state index < -0.39 is 37.4 Å². The molecule has 2 rings (SSSR count). The van der Waals surface area contributed by atoms with E-state index in [-0.39, 0.29) is 5.75 Å². The van der Waals surface area contributed by atoms with Gasteiger partial charge in [-0.15, -0.1) is 0 Å². The van der Waals surface area contributed by atoms with Gasteiger partial charge in [0.15, 0.2) is 17.7 Å². The molecule has 1 heterocycles. The minimum absolute atomic E-state index is 0.216. The predicted molar refractivity (Wildman–Crippen MR) is 74.0 cm³/mol. The molecule has 1 aromatic carbocycles. The van der Waals surface area contributed by atoms with E-state index >= 15 is 0 Å². The molecule has 0 amide bonds. The van der Waals surface area contributed by atoms with Gasteiger partial charge in [0.25, 0.3) is 0 Å². The van der Waals surface area contributed by atoms with Crippen LogP contribution in [0.5, 0.6) is 11.5 Å². The number of rotatable bonds is 4. The molecule has 0 aliphatic carbocycles. The molecule has 0 aromatic heterocycles. The van der Waals surface area contributed by atoms with Gasteiger partial charge in [0, 0.05) is 4.47 Å². The molecule has 8 heteroatoms. The van der Waals surface area contributed by atoms with Crippen molar-refractivity contribution in [1.29, 1.82) is 0 Å². The number of alkyl halides is 1. The summed E-state index contributed by atoms with van der Waals surface area (Å²) in [6, 6.07) is 4.84. The van der Waals surface area contributed by atoms with Gasteiger partial charge in [-0.05, 0) is 18.2 Å². The third kappa shape index (κ3) is 3.46. The SMILES string of the molecule is COc1cc(Br)ccc1O[C@H]1O[C@H](CO)[C@@H](O)[C@H](O)[C@@H]1F. The van der Waals surface area contributed by atoms with Crippen LogP contribution < -0.4 is 9.47 Å². The Morgan fingerprint density at radius 2 is 2.00 bits per heavy atom. The van der Waals surface area contributed by atoms with Crippen molar-refractivity contribution in [2.75, 3.05) is 13.7 Å². The summed E-state index contributed by atoms with van der Waals surface area (Å²) in [5.74, 6) is 0.565. The van der Waals surface area contributed by atoms with E-state index in [9.17, 15) is 14.6 Å². The summed E-state index contributed by atoms with van der Waals surface area (Å²) in [5.41, 5.74) is 0. The van der Waals surface area contributed by atoms with Crippen molar-refractivity contribution in [2.24, 2.45) is 0 Å². The summed E-state index contributed by atoms with van der Waals surface area (Å²) in [6.45, 7) is -0.567. The number of halogens is 2. The Balaban J connectivity index is 2.18. The zero-order chi connectivity index (χ0) is 15.6. The summed E-state index contributed by atoms with van der Waals surface area (Å²) in [4.78, 5) is 0. The molecule has 1 aromatic rings. The van der Waals surface area contributed by atoms with Crippen molar-refractivity contribution in [3.63, 3.8) is 0 Å². The monoisotopic (exact) mass is 366 g/mol. The van der Waals surface area contributed by atoms with Gasteiger partial charge in [-0.3, -0.25) is 0 Å². The van der Waals surface area contributed by atoms with E-state index in [1.807, 2.05) is 0 Å². The highest BCUT2D eigenvalue weighted by Crippen LogP contribution is 2.33. The zero-order valence-corrected chi connectivity index (χ0v) is 12.7. The molecule has 118 valence electrons. The first-order chi connectivity index (χ1) is 9.97. The van der Waals surface area contributed by atoms with Crippen molar-refractivity contribution in [3.05, 3.63) is 22.7 Å². The molecule has 1 saturated heterocycles. The Morgan fingerprint density at radius 3 is 2.62 bits per heavy atom. The fourth-order valence-corrected chi connectivity index (χ4v) is 2.34. The quantitative estimate of drug-likeness (QED) is 0.723. The van der Waals surface area contributed by atoms with Crippen LogP contribution in [0.1, 0.15) is 0 Å². The highest BCUT2D eigenvalue weighted by atomic mass is 79.9. The average Bonchev–Trinajstić information content (AvgIpc) is 2.49. The molecule has 6 nitrogen and oxygen atoms in total. The molecule has 1 aliphatic heterocycles. The van der Waals surface area contributed by atoms with Crippen LogP contribution in [0.15, 0.2) is 22.7 Å². The van der Waals surface area contributed by atoms with Gasteiger partial charge in [-0.2, -0.15) is 0 Å². The lowest BCUT2D eigenvalue weighted by Gasteiger charge is -2.38. The first kappa shape index (κ1) is 16.4. The van der Waals surface area contributed by atoms with Gasteiger partial charge < -0.3 is 29.5 Å². The van der Waals surface area contributed by atoms with Crippen LogP contribution in [0.3, 0.4) is 0 Å². The number of hydrogen-bond acceptors (Lipinski definition) is 6. The molecule has 1 aliphatic rings. The molecule has 3 N–H and O–H groups in total. The summed E-state index contributed by atoms with van der Waals surface area (Å²) in [5, 5.41) is 28.3. The van der Waals surface area contributed by atoms with Crippen molar-refractivity contribution < 1.29 is 33.9 Å². The van der Waals surface area contributed by atoms with Crippen LogP contribution >= 0.6 is 15.9 Å². The number of ether oxygens (including phenoxy) is 3. The maximum atomic E-state index is 14.0. The first-order valence-electron chi connectivity index (χ1n) is 6.24. The van der Waals surface area contributed by atoms with E-state index in [2.05, 4.69) is 15.9 Å². The third-order valence-electron chi connectivity index (χ3n) is 3.17. The molecular weight excluding hydrogens is 351 g/mol. The number of methoxy groups -OCH3 is 1. The average molecular weight is 367 g/mol. The van der Waals surface area contributed by atoms with Crippen LogP contribution in [0, 0.1) is 0 Å². The second kappa shape index (κ2) is 6.89. The molecular formula is C13H16BrFO6. The van der Waals surface area contributed by atoms with Gasteiger partial charge in [-0.25, -0.2) is 4.39 Å². The molecule has 0 radical (unpaired) electrons. The van der Waals surface area contributed by atoms with E-state index in [0.29, 0.717) is 5.75 Å². The Bertz CT molecular complexity index is 486. The lowest BCUT2D eigenvalue weighted by molar-refractivity contribution is -0.262. The highest BCUT2D eigenvalue weighted by Gasteiger charge is 2.46. The van der Waals surface area contributed by atoms with Crippen LogP contribution in [0.2, 0.25) is 0 Å². The largest absolute Gasteiger partial charge is 0.493 e. The number of benzene rings is 1. The van der Waals surface area contributed by atoms with Crippen LogP contribution in [0.4, 0.5) is 4.39 Å². The Morgan fingerprint density at radius 1 is 1.29 bits per heavy atom. The van der Waals surface area contributed by atoms with Gasteiger partial charge in [0.1, 0.15) is 18.3 Å². The lowest BCUT2D eigenvalue weighted by Crippen LogP contribution is -2.58. The topological polar surface area (TPSA) is 88.4 Å². The van der Waals surface area contributed by atoms with Gasteiger partial charge in [0.05, 0.1) is 13.7 Å². The lowest BCUT2D eigenvalue weighted by atomic mass is 10.0. The fourth-order valence-electron chi connectivity index (χ4n) is 2.00. The van der Waals surface area contributed by atoms with E-state index in [0.717, 1.165) is 4.47 Å². The predicted octanol–water partition coefficient (Wildman–Crippen LogP) is 0.614. The van der Waals surface area contributed by atoms with E-state index in [1.54, 1.807) is 18.2 Å². The van der Waals surface area contributed by atoms with Crippen molar-refractivity contribution in [2.45, 2.75) is 30.8 Å². The minimum Gasteiger partial charge on any atom is -0.493 e. The Kier molecular flexibility index (Phi) is 5.39. The summed E-state index contributed by atoms with van der Waals surface area (Å²) < 4.78 is 30.4. The summed E-state index contributed by atoms with van der Waals surface area (Å²) >= 11 is 3.27. The number of hydrogen-bond donors (Lipinski definition) is 3. The van der Waals surface area contributed by atoms with Crippen molar-refractivity contribution >= 4 is 15.9 Å². The van der Waals surface area contributed by atoms with Crippen LogP contribution in [-0.2, 0) is 4.74 Å². The molecule has 1 fully saturated rings. The first-order valence-corrected chi connectivity index (χ1v) is 7.04. The smallest absolute Gasteiger partial charge is 0.234 e. The van der Waals surface area contributed by atoms with Crippen LogP contribution in [-0.4, -0.2) is 59.8 Å². The van der Waals surface area contributed by atoms with Gasteiger partial charge in [-0.1, -0.05) is 15.9 Å². The Labute approximate surface area is 129 Å². The number of aliphatic hydroxyl groups is 3. The molecule has 0 spiro atoms. The van der Waals surface area contributed by atoms with E-state index in [1.165, 1.54) is 7.11 Å². The molecule has 21 heavy (non-hydrogen) atoms. The normalized spacial score (nSPS) is 32.8. The zero-order valence-electron chi connectivity index (χ0n) is 11.1. The molecule has 0 saturated carbocycles. The maximum absolute atomic E-state index is 14.0. The second-order valence-corrected chi connectivity index (χ2v) is 5.48. The molecule has 5 atom stereocenters. The molecule has 0 bridgehead atoms. The summed E-state index contributed by atoms with van der Waals surface area (Å²) in [7, 11) is 1.43. The number of aliphatic hydroxyl groups excluding tert-OH is 3. The van der Waals surface area contributed by atoms with Crippen molar-refractivity contribution in [3.8, 4) is 11.5 Å². The van der Waals surface area contributed by atoms with Gasteiger partial charge >= 0.3 is 0 Å². The third-order valence-corrected chi connectivity index (χ3v) is 3.67. The van der Waals surface area contributed by atoms with Gasteiger partial charge in [0.2, 0.25) is 6.29 Å². The second-order valence-electron chi connectivity index (χ2n) is 4.56. The van der Waals surface area contributed by atoms with E-state index in [4.69, 9.17) is 19.3 Å². The minimum atomic E-state index is -1.96. The molecule has 0 unspecified atom stereocenters. The van der Waals surface area contributed by atoms with Crippen molar-refractivity contribution in [1.82, 2.24) is 0 Å². The summed E-state index contributed by atoms with van der Waals surface area (Å²) in [6.07, 6.45) is -7.77. The van der Waals surface area contributed by atoms with Crippen LogP contribution in [0.25, 0.3) is 0 Å².